The van der Waals surface area contributed by atoms with Crippen molar-refractivity contribution in [3.63, 3.8) is 0 Å². The maximum absolute atomic E-state index is 13.6. The van der Waals surface area contributed by atoms with Gasteiger partial charge in [0.15, 0.2) is 0 Å². The van der Waals surface area contributed by atoms with Crippen molar-refractivity contribution in [2.24, 2.45) is 5.92 Å². The number of thioether (sulfide) groups is 1. The van der Waals surface area contributed by atoms with Crippen molar-refractivity contribution >= 4 is 29.3 Å². The van der Waals surface area contributed by atoms with E-state index in [4.69, 9.17) is 14.8 Å². The normalized spacial score (nSPS) is 15.0. The van der Waals surface area contributed by atoms with Crippen LogP contribution in [-0.2, 0) is 4.79 Å². The average Bonchev–Trinajstić information content (AvgIpc) is 3.24. The zero-order valence-corrected chi connectivity index (χ0v) is 22.5. The molecule has 0 saturated carbocycles. The van der Waals surface area contributed by atoms with Crippen LogP contribution in [0.2, 0.25) is 0 Å². The van der Waals surface area contributed by atoms with Crippen LogP contribution < -0.4 is 15.4 Å². The van der Waals surface area contributed by atoms with E-state index in [9.17, 15) is 4.79 Å². The van der Waals surface area contributed by atoms with Gasteiger partial charge < -0.3 is 15.4 Å². The van der Waals surface area contributed by atoms with Crippen LogP contribution in [0.15, 0.2) is 65.0 Å². The highest BCUT2D eigenvalue weighted by Crippen LogP contribution is 2.37. The maximum Gasteiger partial charge on any atom is 0.255 e. The molecule has 1 unspecified atom stereocenters. The molecule has 2 heterocycles. The predicted molar refractivity (Wildman–Crippen MR) is 147 cm³/mol. The fourth-order valence-electron chi connectivity index (χ4n) is 4.07. The summed E-state index contributed by atoms with van der Waals surface area (Å²) in [6.07, 6.45) is 2.03. The summed E-state index contributed by atoms with van der Waals surface area (Å²) in [6, 6.07) is 15.3. The number of aryl methyl sites for hydroxylation is 1. The van der Waals surface area contributed by atoms with E-state index in [1.165, 1.54) is 0 Å². The summed E-state index contributed by atoms with van der Waals surface area (Å²) >= 11 is 1.62. The topological polar surface area (TPSA) is 81.1 Å². The van der Waals surface area contributed by atoms with Gasteiger partial charge in [-0.25, -0.2) is 4.68 Å². The molecule has 1 aliphatic rings. The Kier molecular flexibility index (Phi) is 8.36. The quantitative estimate of drug-likeness (QED) is 0.309. The van der Waals surface area contributed by atoms with Gasteiger partial charge in [-0.05, 0) is 68.0 Å². The first-order valence-corrected chi connectivity index (χ1v) is 13.5. The van der Waals surface area contributed by atoms with Crippen LogP contribution in [0.5, 0.6) is 5.75 Å². The Balaban J connectivity index is 1.67. The van der Waals surface area contributed by atoms with Gasteiger partial charge in [-0.3, -0.25) is 4.79 Å². The Morgan fingerprint density at radius 3 is 2.67 bits per heavy atom. The second-order valence-corrected chi connectivity index (χ2v) is 10.6. The molecule has 8 heteroatoms. The Bertz CT molecular complexity index is 1230. The summed E-state index contributed by atoms with van der Waals surface area (Å²) in [5.41, 5.74) is 4.15. The van der Waals surface area contributed by atoms with Gasteiger partial charge in [-0.15, -0.1) is 5.10 Å². The van der Waals surface area contributed by atoms with E-state index < -0.39 is 6.04 Å². The standard InChI is InChI=1S/C28H35N5O2S/c1-6-16-36-28-31-27-29-20(5)24(26(34)30-22-9-7-8-19(4)17-22)25(33(27)32-28)21-10-12-23(13-11-21)35-15-14-18(2)3/h7-13,17-18,25H,6,14-16H2,1-5H3,(H,30,34)(H,29,31,32). The Morgan fingerprint density at radius 1 is 1.19 bits per heavy atom. The number of aromatic nitrogens is 3. The number of fused-ring (bicyclic) bond motifs is 1. The molecule has 0 spiro atoms. The molecule has 0 bridgehead atoms. The number of benzene rings is 2. The molecule has 36 heavy (non-hydrogen) atoms. The highest BCUT2D eigenvalue weighted by Gasteiger charge is 2.34. The largest absolute Gasteiger partial charge is 0.494 e. The van der Waals surface area contributed by atoms with E-state index in [-0.39, 0.29) is 5.91 Å². The molecule has 0 fully saturated rings. The van der Waals surface area contributed by atoms with Crippen LogP contribution >= 0.6 is 11.8 Å². The number of anilines is 2. The number of allylic oxidation sites excluding steroid dienone is 1. The lowest BCUT2D eigenvalue weighted by molar-refractivity contribution is -0.113. The summed E-state index contributed by atoms with van der Waals surface area (Å²) in [6.45, 7) is 11.1. The monoisotopic (exact) mass is 505 g/mol. The molecule has 0 radical (unpaired) electrons. The molecule has 2 N–H and O–H groups in total. The Labute approximate surface area is 217 Å². The second kappa shape index (κ2) is 11.6. The molecular formula is C28H35N5O2S. The minimum absolute atomic E-state index is 0.170. The minimum Gasteiger partial charge on any atom is -0.494 e. The number of rotatable bonds is 10. The van der Waals surface area contributed by atoms with Crippen LogP contribution in [0.4, 0.5) is 11.6 Å². The molecule has 1 amide bonds. The summed E-state index contributed by atoms with van der Waals surface area (Å²) in [4.78, 5) is 18.3. The van der Waals surface area contributed by atoms with Crippen molar-refractivity contribution in [2.75, 3.05) is 23.0 Å². The van der Waals surface area contributed by atoms with E-state index in [0.29, 0.717) is 29.2 Å². The molecule has 4 rings (SSSR count). The fourth-order valence-corrected chi connectivity index (χ4v) is 4.75. The lowest BCUT2D eigenvalue weighted by atomic mass is 9.95. The van der Waals surface area contributed by atoms with E-state index in [2.05, 4.69) is 31.4 Å². The number of amides is 1. The number of hydrogen-bond donors (Lipinski definition) is 2. The first-order chi connectivity index (χ1) is 17.4. The maximum atomic E-state index is 13.6. The van der Waals surface area contributed by atoms with Gasteiger partial charge in [-0.2, -0.15) is 4.98 Å². The molecule has 0 aliphatic carbocycles. The van der Waals surface area contributed by atoms with Crippen molar-refractivity contribution in [3.8, 4) is 5.75 Å². The molecule has 2 aromatic carbocycles. The molecule has 1 aliphatic heterocycles. The van der Waals surface area contributed by atoms with Gasteiger partial charge in [0.05, 0.1) is 12.2 Å². The van der Waals surface area contributed by atoms with E-state index in [1.54, 1.807) is 11.8 Å². The van der Waals surface area contributed by atoms with Crippen molar-refractivity contribution in [2.45, 2.75) is 58.7 Å². The van der Waals surface area contributed by atoms with Gasteiger partial charge in [-0.1, -0.05) is 56.8 Å². The number of nitrogens with one attached hydrogen (secondary N) is 2. The Morgan fingerprint density at radius 2 is 1.97 bits per heavy atom. The number of carbonyl (C=O) groups excluding carboxylic acids is 1. The van der Waals surface area contributed by atoms with Crippen molar-refractivity contribution in [1.29, 1.82) is 0 Å². The lowest BCUT2D eigenvalue weighted by Crippen LogP contribution is -2.31. The number of hydrogen-bond acceptors (Lipinski definition) is 6. The summed E-state index contributed by atoms with van der Waals surface area (Å²) in [5, 5.41) is 11.9. The zero-order valence-electron chi connectivity index (χ0n) is 21.7. The predicted octanol–water partition coefficient (Wildman–Crippen LogP) is 6.44. The first-order valence-electron chi connectivity index (χ1n) is 12.5. The number of ether oxygens (including phenoxy) is 1. The van der Waals surface area contributed by atoms with Crippen LogP contribution in [0.25, 0.3) is 0 Å². The smallest absolute Gasteiger partial charge is 0.255 e. The van der Waals surface area contributed by atoms with Crippen LogP contribution in [0, 0.1) is 12.8 Å². The first kappa shape index (κ1) is 25.8. The zero-order chi connectivity index (χ0) is 25.7. The second-order valence-electron chi connectivity index (χ2n) is 9.50. The van der Waals surface area contributed by atoms with Gasteiger partial charge >= 0.3 is 0 Å². The number of carbonyl (C=O) groups is 1. The van der Waals surface area contributed by atoms with Crippen molar-refractivity contribution in [1.82, 2.24) is 14.8 Å². The highest BCUT2D eigenvalue weighted by molar-refractivity contribution is 7.99. The molecule has 3 aromatic rings. The third-order valence-corrected chi connectivity index (χ3v) is 6.99. The summed E-state index contributed by atoms with van der Waals surface area (Å²) < 4.78 is 7.75. The van der Waals surface area contributed by atoms with E-state index in [1.807, 2.05) is 67.1 Å². The van der Waals surface area contributed by atoms with Gasteiger partial charge in [0, 0.05) is 17.1 Å². The Hall–Kier alpha value is -3.26. The fraction of sp³-hybridized carbons (Fsp3) is 0.393. The molecule has 0 saturated heterocycles. The third kappa shape index (κ3) is 6.10. The number of nitrogens with zero attached hydrogens (tertiary/aromatic N) is 3. The lowest BCUT2D eigenvalue weighted by Gasteiger charge is -2.28. The van der Waals surface area contributed by atoms with Gasteiger partial charge in [0.25, 0.3) is 5.91 Å². The van der Waals surface area contributed by atoms with Crippen LogP contribution in [0.3, 0.4) is 0 Å². The van der Waals surface area contributed by atoms with Crippen molar-refractivity contribution < 1.29 is 9.53 Å². The SMILES string of the molecule is CCCSc1nc2n(n1)C(c1ccc(OCCC(C)C)cc1)C(C(=O)Nc1cccc(C)c1)=C(C)N2. The van der Waals surface area contributed by atoms with Crippen LogP contribution in [0.1, 0.15) is 57.7 Å². The molecule has 1 aromatic heterocycles. The summed E-state index contributed by atoms with van der Waals surface area (Å²) in [7, 11) is 0. The minimum atomic E-state index is -0.417. The van der Waals surface area contributed by atoms with E-state index >= 15 is 0 Å². The highest BCUT2D eigenvalue weighted by atomic mass is 32.2. The van der Waals surface area contributed by atoms with E-state index in [0.717, 1.165) is 46.9 Å². The van der Waals surface area contributed by atoms with Crippen molar-refractivity contribution in [3.05, 3.63) is 70.9 Å². The van der Waals surface area contributed by atoms with Gasteiger partial charge in [0.2, 0.25) is 11.1 Å². The molecule has 7 nitrogen and oxygen atoms in total. The van der Waals surface area contributed by atoms with Gasteiger partial charge in [0.1, 0.15) is 11.8 Å². The molecule has 190 valence electrons. The summed E-state index contributed by atoms with van der Waals surface area (Å²) in [5.74, 6) is 2.81. The third-order valence-electron chi connectivity index (χ3n) is 5.95. The molecule has 1 atom stereocenters. The molecular weight excluding hydrogens is 470 g/mol. The average molecular weight is 506 g/mol. The van der Waals surface area contributed by atoms with Crippen LogP contribution in [-0.4, -0.2) is 33.0 Å².